The number of hydrogen-bond acceptors (Lipinski definition) is 5. The zero-order valence-electron chi connectivity index (χ0n) is 16.8. The van der Waals surface area contributed by atoms with Crippen LogP contribution in [0.1, 0.15) is 38.2 Å². The number of allylic oxidation sites excluding steroid dienone is 1. The number of carbonyl (C=O) groups is 1. The average molecular weight is 386 g/mol. The van der Waals surface area contributed by atoms with Gasteiger partial charge in [-0.25, -0.2) is 0 Å². The minimum Gasteiger partial charge on any atom is -0.496 e. The summed E-state index contributed by atoms with van der Waals surface area (Å²) in [4.78, 5) is 15.8. The molecule has 1 aliphatic carbocycles. The maximum absolute atomic E-state index is 13.3. The van der Waals surface area contributed by atoms with Crippen molar-refractivity contribution in [2.24, 2.45) is 17.8 Å². The smallest absolute Gasteiger partial charge is 0.173 e. The Labute approximate surface area is 167 Å². The SMILES string of the molecule is COc1ccccc1C1=COC2C(CCC(O)C2CN2CCC(C)CC2)C1=O. The first-order valence-corrected chi connectivity index (χ1v) is 10.5. The van der Waals surface area contributed by atoms with Gasteiger partial charge in [0.2, 0.25) is 0 Å². The second kappa shape index (κ2) is 8.26. The molecule has 1 N–H and O–H groups in total. The average Bonchev–Trinajstić information content (AvgIpc) is 2.72. The van der Waals surface area contributed by atoms with Crippen molar-refractivity contribution >= 4 is 11.4 Å². The van der Waals surface area contributed by atoms with Crippen molar-refractivity contribution in [1.29, 1.82) is 0 Å². The van der Waals surface area contributed by atoms with Crippen molar-refractivity contribution in [3.05, 3.63) is 36.1 Å². The van der Waals surface area contributed by atoms with Crippen LogP contribution in [0.15, 0.2) is 30.5 Å². The topological polar surface area (TPSA) is 59.0 Å². The lowest BCUT2D eigenvalue weighted by molar-refractivity contribution is -0.133. The number of ketones is 1. The lowest BCUT2D eigenvalue weighted by Crippen LogP contribution is -2.52. The Morgan fingerprint density at radius 2 is 1.93 bits per heavy atom. The van der Waals surface area contributed by atoms with Gasteiger partial charge in [-0.3, -0.25) is 4.79 Å². The number of rotatable bonds is 4. The van der Waals surface area contributed by atoms with Gasteiger partial charge < -0.3 is 19.5 Å². The van der Waals surface area contributed by atoms with Gasteiger partial charge in [0.25, 0.3) is 0 Å². The van der Waals surface area contributed by atoms with Crippen molar-refractivity contribution < 1.29 is 19.4 Å². The van der Waals surface area contributed by atoms with E-state index in [0.717, 1.165) is 31.1 Å². The molecule has 28 heavy (non-hydrogen) atoms. The number of fused-ring (bicyclic) bond motifs is 1. The highest BCUT2D eigenvalue weighted by atomic mass is 16.5. The first-order chi connectivity index (χ1) is 13.6. The maximum atomic E-state index is 13.3. The Balaban J connectivity index is 1.54. The third-order valence-electron chi connectivity index (χ3n) is 6.77. The van der Waals surface area contributed by atoms with Gasteiger partial charge in [-0.05, 0) is 50.8 Å². The van der Waals surface area contributed by atoms with Crippen LogP contribution in [0.3, 0.4) is 0 Å². The molecule has 1 aromatic carbocycles. The summed E-state index contributed by atoms with van der Waals surface area (Å²) in [7, 11) is 1.61. The molecule has 5 heteroatoms. The van der Waals surface area contributed by atoms with Crippen LogP contribution in [-0.2, 0) is 9.53 Å². The van der Waals surface area contributed by atoms with Crippen LogP contribution in [0.5, 0.6) is 5.75 Å². The summed E-state index contributed by atoms with van der Waals surface area (Å²) in [6.45, 7) is 5.24. The predicted octanol–water partition coefficient (Wildman–Crippen LogP) is 3.12. The second-order valence-electron chi connectivity index (χ2n) is 8.59. The van der Waals surface area contributed by atoms with E-state index < -0.39 is 6.10 Å². The first kappa shape index (κ1) is 19.5. The largest absolute Gasteiger partial charge is 0.496 e. The molecule has 1 aromatic rings. The number of hydrogen-bond donors (Lipinski definition) is 1. The standard InChI is InChI=1S/C23H31NO4/c1-15-9-11-24(12-10-15)13-18-20(25)8-7-17-22(26)19(14-28-23(17)18)16-5-3-4-6-21(16)27-2/h3-6,14-15,17-18,20,23,25H,7-13H2,1-2H3. The second-order valence-corrected chi connectivity index (χ2v) is 8.59. The minimum atomic E-state index is -0.408. The molecule has 0 aromatic heterocycles. The summed E-state index contributed by atoms with van der Waals surface area (Å²) < 4.78 is 11.6. The molecule has 2 heterocycles. The number of aliphatic hydroxyl groups excluding tert-OH is 1. The number of Topliss-reactive ketones (excluding diaryl/α,β-unsaturated/α-hetero) is 1. The number of carbonyl (C=O) groups excluding carboxylic acids is 1. The van der Waals surface area contributed by atoms with Crippen LogP contribution >= 0.6 is 0 Å². The van der Waals surface area contributed by atoms with E-state index in [9.17, 15) is 9.90 Å². The number of aliphatic hydroxyl groups is 1. The molecule has 0 amide bonds. The molecule has 0 radical (unpaired) electrons. The van der Waals surface area contributed by atoms with Crippen molar-refractivity contribution in [3.8, 4) is 5.75 Å². The Bertz CT molecular complexity index is 738. The van der Waals surface area contributed by atoms with E-state index in [1.807, 2.05) is 24.3 Å². The van der Waals surface area contributed by atoms with Crippen molar-refractivity contribution in [2.45, 2.75) is 44.8 Å². The molecule has 5 nitrogen and oxygen atoms in total. The van der Waals surface area contributed by atoms with E-state index in [1.54, 1.807) is 13.4 Å². The van der Waals surface area contributed by atoms with E-state index in [-0.39, 0.29) is 23.7 Å². The summed E-state index contributed by atoms with van der Waals surface area (Å²) in [5, 5.41) is 10.7. The van der Waals surface area contributed by atoms with Crippen LogP contribution in [0.25, 0.3) is 5.57 Å². The lowest BCUT2D eigenvalue weighted by Gasteiger charge is -2.44. The van der Waals surface area contributed by atoms with Crippen molar-refractivity contribution in [1.82, 2.24) is 4.90 Å². The number of ether oxygens (including phenoxy) is 2. The highest BCUT2D eigenvalue weighted by Gasteiger charge is 2.47. The Kier molecular flexibility index (Phi) is 5.74. The molecule has 4 unspecified atom stereocenters. The van der Waals surface area contributed by atoms with Crippen LogP contribution in [0, 0.1) is 17.8 Å². The first-order valence-electron chi connectivity index (χ1n) is 10.5. The molecule has 1 saturated heterocycles. The molecule has 4 atom stereocenters. The third kappa shape index (κ3) is 3.70. The molecular formula is C23H31NO4. The summed E-state index contributed by atoms with van der Waals surface area (Å²) in [5.41, 5.74) is 1.36. The predicted molar refractivity (Wildman–Crippen MR) is 108 cm³/mol. The number of methoxy groups -OCH3 is 1. The summed E-state index contributed by atoms with van der Waals surface area (Å²) in [6, 6.07) is 7.56. The fourth-order valence-corrected chi connectivity index (χ4v) is 4.96. The summed E-state index contributed by atoms with van der Waals surface area (Å²) in [6.07, 6.45) is 4.69. The number of piperidine rings is 1. The normalized spacial score (nSPS) is 31.7. The fourth-order valence-electron chi connectivity index (χ4n) is 4.96. The number of likely N-dealkylation sites (tertiary alicyclic amines) is 1. The van der Waals surface area contributed by atoms with Gasteiger partial charge in [0.15, 0.2) is 5.78 Å². The van der Waals surface area contributed by atoms with Gasteiger partial charge in [-0.1, -0.05) is 25.1 Å². The zero-order chi connectivity index (χ0) is 19.7. The zero-order valence-corrected chi connectivity index (χ0v) is 16.8. The van der Waals surface area contributed by atoms with Crippen LogP contribution < -0.4 is 4.74 Å². The lowest BCUT2D eigenvalue weighted by atomic mass is 9.72. The van der Waals surface area contributed by atoms with E-state index in [0.29, 0.717) is 24.2 Å². The Hall–Kier alpha value is -1.85. The fraction of sp³-hybridized carbons (Fsp3) is 0.609. The molecular weight excluding hydrogens is 354 g/mol. The van der Waals surface area contributed by atoms with Crippen LogP contribution in [-0.4, -0.2) is 54.7 Å². The molecule has 1 saturated carbocycles. The summed E-state index contributed by atoms with van der Waals surface area (Å²) in [5.74, 6) is 1.36. The summed E-state index contributed by atoms with van der Waals surface area (Å²) >= 11 is 0. The third-order valence-corrected chi connectivity index (χ3v) is 6.77. The highest BCUT2D eigenvalue weighted by molar-refractivity contribution is 6.22. The van der Waals surface area contributed by atoms with Gasteiger partial charge in [-0.15, -0.1) is 0 Å². The number of para-hydroxylation sites is 1. The molecule has 2 aliphatic heterocycles. The highest BCUT2D eigenvalue weighted by Crippen LogP contribution is 2.41. The van der Waals surface area contributed by atoms with E-state index >= 15 is 0 Å². The number of benzene rings is 1. The Morgan fingerprint density at radius 3 is 2.68 bits per heavy atom. The molecule has 0 bridgehead atoms. The van der Waals surface area contributed by atoms with Gasteiger partial charge in [-0.2, -0.15) is 0 Å². The molecule has 152 valence electrons. The van der Waals surface area contributed by atoms with Gasteiger partial charge in [0, 0.05) is 18.0 Å². The number of nitrogens with zero attached hydrogens (tertiary/aromatic N) is 1. The van der Waals surface area contributed by atoms with Gasteiger partial charge in [0.1, 0.15) is 11.9 Å². The molecule has 3 aliphatic rings. The van der Waals surface area contributed by atoms with Crippen LogP contribution in [0.2, 0.25) is 0 Å². The van der Waals surface area contributed by atoms with Crippen molar-refractivity contribution in [2.75, 3.05) is 26.7 Å². The molecule has 4 rings (SSSR count). The van der Waals surface area contributed by atoms with E-state index in [1.165, 1.54) is 12.8 Å². The van der Waals surface area contributed by atoms with Gasteiger partial charge in [0.05, 0.1) is 31.0 Å². The van der Waals surface area contributed by atoms with Crippen molar-refractivity contribution in [3.63, 3.8) is 0 Å². The van der Waals surface area contributed by atoms with E-state index in [4.69, 9.17) is 9.47 Å². The maximum Gasteiger partial charge on any atom is 0.173 e. The quantitative estimate of drug-likeness (QED) is 0.863. The van der Waals surface area contributed by atoms with Crippen LogP contribution in [0.4, 0.5) is 0 Å². The van der Waals surface area contributed by atoms with E-state index in [2.05, 4.69) is 11.8 Å². The molecule has 0 spiro atoms. The monoisotopic (exact) mass is 385 g/mol. The molecule has 2 fully saturated rings. The van der Waals surface area contributed by atoms with Gasteiger partial charge >= 0.3 is 0 Å². The Morgan fingerprint density at radius 1 is 1.18 bits per heavy atom. The minimum absolute atomic E-state index is 0.0217.